The van der Waals surface area contributed by atoms with Crippen molar-refractivity contribution in [2.75, 3.05) is 13.1 Å². The molecule has 6 nitrogen and oxygen atoms in total. The molecule has 4 amide bonds. The van der Waals surface area contributed by atoms with Gasteiger partial charge < -0.3 is 10.2 Å². The lowest BCUT2D eigenvalue weighted by molar-refractivity contribution is -0.141. The Labute approximate surface area is 131 Å². The molecule has 0 radical (unpaired) electrons. The summed E-state index contributed by atoms with van der Waals surface area (Å²) in [5, 5.41) is 2.83. The minimum atomic E-state index is -0.719. The number of nitrogens with one attached hydrogen (secondary N) is 1. The van der Waals surface area contributed by atoms with Gasteiger partial charge in [0, 0.05) is 12.6 Å². The van der Waals surface area contributed by atoms with Crippen LogP contribution in [-0.4, -0.2) is 52.3 Å². The molecule has 6 heteroatoms. The van der Waals surface area contributed by atoms with Gasteiger partial charge in [-0.2, -0.15) is 0 Å². The van der Waals surface area contributed by atoms with Crippen LogP contribution in [0.4, 0.5) is 4.79 Å². The van der Waals surface area contributed by atoms with Crippen molar-refractivity contribution >= 4 is 17.8 Å². The molecule has 3 aliphatic rings. The van der Waals surface area contributed by atoms with Crippen LogP contribution < -0.4 is 5.32 Å². The fourth-order valence-electron chi connectivity index (χ4n) is 4.12. The Bertz CT molecular complexity index is 485. The molecule has 0 aromatic rings. The van der Waals surface area contributed by atoms with Crippen molar-refractivity contribution in [1.82, 2.24) is 15.1 Å². The monoisotopic (exact) mass is 307 g/mol. The molecular formula is C16H25N3O3. The highest BCUT2D eigenvalue weighted by molar-refractivity contribution is 6.09. The van der Waals surface area contributed by atoms with E-state index >= 15 is 0 Å². The highest BCUT2D eigenvalue weighted by atomic mass is 16.2. The first-order chi connectivity index (χ1) is 10.6. The van der Waals surface area contributed by atoms with Crippen LogP contribution >= 0.6 is 0 Å². The number of carbonyl (C=O) groups excluding carboxylic acids is 3. The summed E-state index contributed by atoms with van der Waals surface area (Å²) in [6.07, 6.45) is 7.41. The molecule has 1 spiro atoms. The number of nitrogens with zero attached hydrogens (tertiary/aromatic N) is 2. The summed E-state index contributed by atoms with van der Waals surface area (Å²) in [5.41, 5.74) is -0.719. The van der Waals surface area contributed by atoms with Crippen LogP contribution in [-0.2, 0) is 9.59 Å². The number of likely N-dealkylation sites (tertiary alicyclic amines) is 1. The number of hydrogen-bond acceptors (Lipinski definition) is 3. The summed E-state index contributed by atoms with van der Waals surface area (Å²) < 4.78 is 0. The van der Waals surface area contributed by atoms with Crippen molar-refractivity contribution < 1.29 is 14.4 Å². The summed E-state index contributed by atoms with van der Waals surface area (Å²) in [5.74, 6) is -0.293. The molecule has 0 aromatic carbocycles. The quantitative estimate of drug-likeness (QED) is 0.806. The lowest BCUT2D eigenvalue weighted by Gasteiger charge is -2.36. The molecule has 2 heterocycles. The van der Waals surface area contributed by atoms with Crippen molar-refractivity contribution in [2.24, 2.45) is 0 Å². The van der Waals surface area contributed by atoms with Crippen LogP contribution in [0.25, 0.3) is 0 Å². The maximum Gasteiger partial charge on any atom is 0.325 e. The number of imide groups is 1. The summed E-state index contributed by atoms with van der Waals surface area (Å²) >= 11 is 0. The molecule has 3 fully saturated rings. The Kier molecular flexibility index (Phi) is 4.10. The molecule has 2 saturated heterocycles. The lowest BCUT2D eigenvalue weighted by atomic mass is 9.98. The maximum absolute atomic E-state index is 12.6. The number of amides is 4. The Morgan fingerprint density at radius 1 is 1.23 bits per heavy atom. The number of carbonyl (C=O) groups is 3. The van der Waals surface area contributed by atoms with Gasteiger partial charge in [0.15, 0.2) is 0 Å². The van der Waals surface area contributed by atoms with Gasteiger partial charge in [-0.05, 0) is 38.5 Å². The third-order valence-electron chi connectivity index (χ3n) is 5.42. The average Bonchev–Trinajstić information content (AvgIpc) is 3.08. The second-order valence-corrected chi connectivity index (χ2v) is 6.76. The fourth-order valence-corrected chi connectivity index (χ4v) is 4.12. The Morgan fingerprint density at radius 3 is 2.64 bits per heavy atom. The van der Waals surface area contributed by atoms with Crippen molar-refractivity contribution in [3.63, 3.8) is 0 Å². The molecule has 1 aliphatic carbocycles. The first-order valence-corrected chi connectivity index (χ1v) is 8.51. The third kappa shape index (κ3) is 2.48. The van der Waals surface area contributed by atoms with E-state index in [0.717, 1.165) is 50.0 Å². The molecule has 0 aromatic heterocycles. The average molecular weight is 307 g/mol. The highest BCUT2D eigenvalue weighted by Gasteiger charge is 2.53. The standard InChI is InChI=1S/C16H25N3O3/c1-2-12-7-3-6-10-18(12)13(20)11-19-14(21)16(17-15(19)22)8-4-5-9-16/h12H,2-11H2,1H3,(H,17,22). The molecule has 1 atom stereocenters. The zero-order chi connectivity index (χ0) is 15.7. The van der Waals surface area contributed by atoms with Gasteiger partial charge in [-0.3, -0.25) is 14.5 Å². The van der Waals surface area contributed by atoms with E-state index in [2.05, 4.69) is 12.2 Å². The van der Waals surface area contributed by atoms with Crippen LogP contribution in [0.15, 0.2) is 0 Å². The second-order valence-electron chi connectivity index (χ2n) is 6.76. The van der Waals surface area contributed by atoms with Crippen LogP contribution in [0.5, 0.6) is 0 Å². The number of hydrogen-bond donors (Lipinski definition) is 1. The third-order valence-corrected chi connectivity index (χ3v) is 5.42. The van der Waals surface area contributed by atoms with E-state index in [-0.39, 0.29) is 24.4 Å². The van der Waals surface area contributed by atoms with Gasteiger partial charge in [-0.15, -0.1) is 0 Å². The Morgan fingerprint density at radius 2 is 1.95 bits per heavy atom. The molecule has 1 saturated carbocycles. The number of piperidine rings is 1. The van der Waals surface area contributed by atoms with Gasteiger partial charge in [-0.1, -0.05) is 19.8 Å². The molecule has 122 valence electrons. The number of urea groups is 1. The SMILES string of the molecule is CCC1CCCCN1C(=O)CN1C(=O)NC2(CCCC2)C1=O. The second kappa shape index (κ2) is 5.89. The van der Waals surface area contributed by atoms with Gasteiger partial charge in [-0.25, -0.2) is 4.79 Å². The van der Waals surface area contributed by atoms with Crippen molar-refractivity contribution in [3.05, 3.63) is 0 Å². The zero-order valence-corrected chi connectivity index (χ0v) is 13.3. The fraction of sp³-hybridized carbons (Fsp3) is 0.812. The van der Waals surface area contributed by atoms with Crippen molar-refractivity contribution in [2.45, 2.75) is 69.9 Å². The zero-order valence-electron chi connectivity index (χ0n) is 13.3. The predicted octanol–water partition coefficient (Wildman–Crippen LogP) is 1.64. The molecular weight excluding hydrogens is 282 g/mol. The summed E-state index contributed by atoms with van der Waals surface area (Å²) in [7, 11) is 0. The van der Waals surface area contributed by atoms with Crippen LogP contribution in [0.1, 0.15) is 58.3 Å². The maximum atomic E-state index is 12.6. The van der Waals surface area contributed by atoms with E-state index in [1.165, 1.54) is 0 Å². The summed E-state index contributed by atoms with van der Waals surface area (Å²) in [4.78, 5) is 40.3. The van der Waals surface area contributed by atoms with E-state index in [1.807, 2.05) is 4.90 Å². The minimum Gasteiger partial charge on any atom is -0.338 e. The largest absolute Gasteiger partial charge is 0.338 e. The predicted molar refractivity (Wildman–Crippen MR) is 81.1 cm³/mol. The molecule has 2 aliphatic heterocycles. The van der Waals surface area contributed by atoms with Crippen molar-refractivity contribution in [3.8, 4) is 0 Å². The van der Waals surface area contributed by atoms with E-state index < -0.39 is 11.6 Å². The van der Waals surface area contributed by atoms with Gasteiger partial charge in [0.2, 0.25) is 5.91 Å². The smallest absolute Gasteiger partial charge is 0.325 e. The van der Waals surface area contributed by atoms with Gasteiger partial charge in [0.25, 0.3) is 5.91 Å². The first kappa shape index (κ1) is 15.3. The van der Waals surface area contributed by atoms with Crippen molar-refractivity contribution in [1.29, 1.82) is 0 Å². The van der Waals surface area contributed by atoms with E-state index in [0.29, 0.717) is 12.8 Å². The first-order valence-electron chi connectivity index (χ1n) is 8.51. The summed E-state index contributed by atoms with van der Waals surface area (Å²) in [6, 6.07) is -0.146. The molecule has 0 bridgehead atoms. The van der Waals surface area contributed by atoms with E-state index in [9.17, 15) is 14.4 Å². The van der Waals surface area contributed by atoms with Crippen LogP contribution in [0, 0.1) is 0 Å². The Balaban J connectivity index is 1.68. The van der Waals surface area contributed by atoms with E-state index in [1.54, 1.807) is 0 Å². The normalized spacial score (nSPS) is 27.6. The molecule has 1 unspecified atom stereocenters. The summed E-state index contributed by atoms with van der Waals surface area (Å²) in [6.45, 7) is 2.71. The van der Waals surface area contributed by atoms with Gasteiger partial charge >= 0.3 is 6.03 Å². The molecule has 22 heavy (non-hydrogen) atoms. The lowest BCUT2D eigenvalue weighted by Crippen LogP contribution is -2.49. The van der Waals surface area contributed by atoms with Gasteiger partial charge in [0.1, 0.15) is 12.1 Å². The Hall–Kier alpha value is -1.59. The van der Waals surface area contributed by atoms with E-state index in [4.69, 9.17) is 0 Å². The van der Waals surface area contributed by atoms with Gasteiger partial charge in [0.05, 0.1) is 0 Å². The topological polar surface area (TPSA) is 69.7 Å². The van der Waals surface area contributed by atoms with Crippen LogP contribution in [0.3, 0.4) is 0 Å². The highest BCUT2D eigenvalue weighted by Crippen LogP contribution is 2.35. The number of rotatable bonds is 3. The molecule has 1 N–H and O–H groups in total. The minimum absolute atomic E-state index is 0.0925. The van der Waals surface area contributed by atoms with Crippen LogP contribution in [0.2, 0.25) is 0 Å². The molecule has 3 rings (SSSR count).